The second kappa shape index (κ2) is 50.9. The zero-order valence-electron chi connectivity index (χ0n) is 47.2. The first-order valence-electron chi connectivity index (χ1n) is 30.2. The van der Waals surface area contributed by atoms with E-state index in [1.54, 1.807) is 6.08 Å². The van der Waals surface area contributed by atoms with E-state index in [9.17, 15) is 35.1 Å². The minimum Gasteiger partial charge on any atom is -0.454 e. The third-order valence-electron chi connectivity index (χ3n) is 13.8. The summed E-state index contributed by atoms with van der Waals surface area (Å²) in [5.41, 5.74) is 0. The topological polar surface area (TPSA) is 175 Å². The first-order chi connectivity index (χ1) is 36.2. The number of amides is 1. The Balaban J connectivity index is 2.66. The lowest BCUT2D eigenvalue weighted by molar-refractivity contribution is -0.305. The summed E-state index contributed by atoms with van der Waals surface area (Å²) >= 11 is 0. The number of nitrogens with one attached hydrogen (secondary N) is 1. The highest BCUT2D eigenvalue weighted by Crippen LogP contribution is 2.26. The summed E-state index contributed by atoms with van der Waals surface area (Å²) < 4.78 is 17.6. The van der Waals surface area contributed by atoms with Gasteiger partial charge in [-0.1, -0.05) is 229 Å². The van der Waals surface area contributed by atoms with Gasteiger partial charge in [-0.15, -0.1) is 0 Å². The van der Waals surface area contributed by atoms with Crippen LogP contribution in [0.3, 0.4) is 0 Å². The van der Waals surface area contributed by atoms with E-state index in [0.29, 0.717) is 12.8 Å². The fourth-order valence-electron chi connectivity index (χ4n) is 9.05. The molecule has 0 aromatic carbocycles. The van der Waals surface area contributed by atoms with Crippen LogP contribution >= 0.6 is 0 Å². The van der Waals surface area contributed by atoms with Gasteiger partial charge in [0.25, 0.3) is 0 Å². The molecule has 0 saturated carbocycles. The van der Waals surface area contributed by atoms with Crippen LogP contribution in [0, 0.1) is 0 Å². The Labute approximate surface area is 451 Å². The van der Waals surface area contributed by atoms with Crippen molar-refractivity contribution in [2.75, 3.05) is 13.2 Å². The predicted octanol–water partition coefficient (Wildman–Crippen LogP) is 14.0. The number of hydrogen-bond acceptors (Lipinski definition) is 10. The molecule has 0 radical (unpaired) electrons. The van der Waals surface area contributed by atoms with Gasteiger partial charge in [-0.25, -0.2) is 0 Å². The van der Waals surface area contributed by atoms with Gasteiger partial charge >= 0.3 is 5.97 Å². The average molecular weight is 1040 g/mol. The van der Waals surface area contributed by atoms with E-state index < -0.39 is 67.4 Å². The van der Waals surface area contributed by atoms with Gasteiger partial charge in [-0.05, 0) is 89.9 Å². The lowest BCUT2D eigenvalue weighted by atomic mass is 9.99. The maximum atomic E-state index is 13.4. The minimum atomic E-state index is -1.62. The molecule has 428 valence electrons. The quantitative estimate of drug-likeness (QED) is 0.0195. The van der Waals surface area contributed by atoms with Crippen molar-refractivity contribution < 1.29 is 49.3 Å². The summed E-state index contributed by atoms with van der Waals surface area (Å²) in [5.74, 6) is -1.21. The molecule has 8 atom stereocenters. The summed E-state index contributed by atoms with van der Waals surface area (Å²) in [5, 5.41) is 56.8. The third-order valence-corrected chi connectivity index (χ3v) is 13.8. The first-order valence-corrected chi connectivity index (χ1v) is 30.2. The molecule has 0 aromatic rings. The maximum absolute atomic E-state index is 13.4. The molecule has 1 heterocycles. The Morgan fingerprint density at radius 2 is 0.973 bits per heavy atom. The Kier molecular flexibility index (Phi) is 47.5. The molecular weight excluding hydrogens is 931 g/mol. The Hall–Kier alpha value is -2.90. The predicted molar refractivity (Wildman–Crippen MR) is 306 cm³/mol. The molecule has 1 rings (SSSR count). The molecule has 11 nitrogen and oxygen atoms in total. The second-order valence-corrected chi connectivity index (χ2v) is 20.7. The normalized spacial score (nSPS) is 19.8. The summed E-state index contributed by atoms with van der Waals surface area (Å²) in [7, 11) is 0. The third kappa shape index (κ3) is 38.6. The van der Waals surface area contributed by atoms with Crippen molar-refractivity contribution >= 4 is 11.9 Å². The van der Waals surface area contributed by atoms with Gasteiger partial charge in [0.1, 0.15) is 24.4 Å². The van der Waals surface area contributed by atoms with Gasteiger partial charge in [0.05, 0.1) is 25.4 Å². The number of aliphatic hydroxyl groups excluding tert-OH is 5. The number of esters is 1. The van der Waals surface area contributed by atoms with Gasteiger partial charge < -0.3 is 45.1 Å². The van der Waals surface area contributed by atoms with E-state index in [-0.39, 0.29) is 19.4 Å². The molecule has 1 aliphatic heterocycles. The molecular formula is C63H111NO10. The largest absolute Gasteiger partial charge is 0.454 e. The smallest absolute Gasteiger partial charge is 0.306 e. The zero-order chi connectivity index (χ0) is 54.0. The fraction of sp³-hybridized carbons (Fsp3) is 0.778. The lowest BCUT2D eigenvalue weighted by Crippen LogP contribution is -2.61. The van der Waals surface area contributed by atoms with E-state index in [1.807, 2.05) is 6.08 Å². The molecule has 0 aromatic heterocycles. The van der Waals surface area contributed by atoms with E-state index in [4.69, 9.17) is 14.2 Å². The van der Waals surface area contributed by atoms with Crippen LogP contribution < -0.4 is 5.32 Å². The monoisotopic (exact) mass is 1040 g/mol. The van der Waals surface area contributed by atoms with E-state index in [1.165, 1.54) is 89.9 Å². The standard InChI is InChI=1S/C63H111NO10/c1-4-7-10-13-16-19-22-24-25-26-27-28-29-30-31-33-36-39-42-45-48-51-58(68)74-61-60(70)59(69)57(52-65)73-63(61)72-53-54(55(66)49-46-43-40-37-34-21-18-15-12-9-6-3)64-62(71)56(67)50-47-44-41-38-35-32-23-20-17-14-11-8-5-2/h8,11,16-17,19-20,24-25,27-28,46,49,54-57,59-61,63,65-67,69-70H,4-7,9-10,12-15,18,21-23,26,29-45,47-48,50-53H2,1-3H3,(H,64,71)/b11-8+,19-16-,20-17+,25-24-,28-27-,49-46+. The van der Waals surface area contributed by atoms with Crippen molar-refractivity contribution in [3.63, 3.8) is 0 Å². The fourth-order valence-corrected chi connectivity index (χ4v) is 9.05. The molecule has 74 heavy (non-hydrogen) atoms. The van der Waals surface area contributed by atoms with Crippen LogP contribution in [0.2, 0.25) is 0 Å². The first kappa shape index (κ1) is 69.1. The van der Waals surface area contributed by atoms with Crippen molar-refractivity contribution in [1.29, 1.82) is 0 Å². The Morgan fingerprint density at radius 3 is 1.49 bits per heavy atom. The molecule has 0 bridgehead atoms. The Morgan fingerprint density at radius 1 is 0.541 bits per heavy atom. The summed E-state index contributed by atoms with van der Waals surface area (Å²) in [6.45, 7) is 5.63. The molecule has 0 aliphatic carbocycles. The molecule has 1 saturated heterocycles. The van der Waals surface area contributed by atoms with Crippen molar-refractivity contribution in [3.05, 3.63) is 72.9 Å². The number of allylic oxidation sites excluding steroid dienone is 11. The van der Waals surface area contributed by atoms with Crippen molar-refractivity contribution in [2.24, 2.45) is 0 Å². The van der Waals surface area contributed by atoms with Gasteiger partial charge in [0.2, 0.25) is 5.91 Å². The second-order valence-electron chi connectivity index (χ2n) is 20.7. The molecule has 11 heteroatoms. The highest BCUT2D eigenvalue weighted by Gasteiger charge is 2.47. The van der Waals surface area contributed by atoms with E-state index in [0.717, 1.165) is 116 Å². The highest BCUT2D eigenvalue weighted by molar-refractivity contribution is 5.80. The van der Waals surface area contributed by atoms with Crippen molar-refractivity contribution in [1.82, 2.24) is 5.32 Å². The summed E-state index contributed by atoms with van der Waals surface area (Å²) in [6, 6.07) is -1.03. The van der Waals surface area contributed by atoms with Crippen molar-refractivity contribution in [2.45, 2.75) is 301 Å². The molecule has 1 amide bonds. The van der Waals surface area contributed by atoms with Crippen molar-refractivity contribution in [3.8, 4) is 0 Å². The molecule has 1 fully saturated rings. The van der Waals surface area contributed by atoms with Gasteiger partial charge in [-0.3, -0.25) is 9.59 Å². The van der Waals surface area contributed by atoms with Gasteiger partial charge in [0, 0.05) is 6.42 Å². The Bertz CT molecular complexity index is 1480. The number of rotatable bonds is 50. The number of hydrogen-bond donors (Lipinski definition) is 6. The summed E-state index contributed by atoms with van der Waals surface area (Å²) in [6.07, 6.45) is 53.7. The molecule has 6 N–H and O–H groups in total. The van der Waals surface area contributed by atoms with E-state index >= 15 is 0 Å². The number of unbranched alkanes of at least 4 members (excludes halogenated alkanes) is 26. The molecule has 1 aliphatic rings. The van der Waals surface area contributed by atoms with Crippen LogP contribution in [0.25, 0.3) is 0 Å². The van der Waals surface area contributed by atoms with Gasteiger partial charge in [0.15, 0.2) is 12.4 Å². The lowest BCUT2D eigenvalue weighted by Gasteiger charge is -2.41. The SMILES string of the molecule is CC/C=C/C/C=C/CCCCCCCCC(O)C(=O)NC(COC1OC(CO)C(O)C(O)C1OC(=O)CCCCCCCCCC/C=C\C/C=C\C/C=C\CCCCC)C(O)/C=C/CCCCCCCCCCC. The van der Waals surface area contributed by atoms with Crippen LogP contribution in [0.5, 0.6) is 0 Å². The average Bonchev–Trinajstić information content (AvgIpc) is 3.40. The van der Waals surface area contributed by atoms with Crippen LogP contribution in [0.15, 0.2) is 72.9 Å². The van der Waals surface area contributed by atoms with Gasteiger partial charge in [-0.2, -0.15) is 0 Å². The number of carbonyl (C=O) groups excluding carboxylic acids is 2. The number of carbonyl (C=O) groups is 2. The van der Waals surface area contributed by atoms with Crippen LogP contribution in [-0.4, -0.2) is 99.6 Å². The molecule has 8 unspecified atom stereocenters. The van der Waals surface area contributed by atoms with E-state index in [2.05, 4.69) is 86.8 Å². The zero-order valence-corrected chi connectivity index (χ0v) is 47.2. The minimum absolute atomic E-state index is 0.112. The molecule has 0 spiro atoms. The van der Waals surface area contributed by atoms with Crippen LogP contribution in [-0.2, 0) is 23.8 Å². The number of aliphatic hydroxyl groups is 5. The highest BCUT2D eigenvalue weighted by atomic mass is 16.7. The maximum Gasteiger partial charge on any atom is 0.306 e. The summed E-state index contributed by atoms with van der Waals surface area (Å²) in [4.78, 5) is 26.5. The van der Waals surface area contributed by atoms with Crippen LogP contribution in [0.1, 0.15) is 252 Å². The van der Waals surface area contributed by atoms with Crippen LogP contribution in [0.4, 0.5) is 0 Å². The number of ether oxygens (including phenoxy) is 3.